The van der Waals surface area contributed by atoms with Crippen LogP contribution in [-0.4, -0.2) is 29.0 Å². The summed E-state index contributed by atoms with van der Waals surface area (Å²) in [7, 11) is 1.73. The van der Waals surface area contributed by atoms with Gasteiger partial charge in [0.1, 0.15) is 11.6 Å². The van der Waals surface area contributed by atoms with Gasteiger partial charge in [0.05, 0.1) is 11.9 Å². The van der Waals surface area contributed by atoms with E-state index in [4.69, 9.17) is 5.73 Å². The first kappa shape index (κ1) is 18.9. The number of nitrogens with two attached hydrogens (primary N) is 1. The lowest BCUT2D eigenvalue weighted by atomic mass is 10.1. The number of aromatic nitrogens is 2. The maximum atomic E-state index is 11.3. The van der Waals surface area contributed by atoms with Crippen LogP contribution in [0.1, 0.15) is 56.8 Å². The van der Waals surface area contributed by atoms with Gasteiger partial charge in [-0.15, -0.1) is 0 Å². The van der Waals surface area contributed by atoms with Crippen molar-refractivity contribution < 1.29 is 4.79 Å². The molecule has 0 saturated heterocycles. The van der Waals surface area contributed by atoms with Crippen molar-refractivity contribution in [1.82, 2.24) is 9.97 Å². The van der Waals surface area contributed by atoms with E-state index in [1.165, 1.54) is 0 Å². The van der Waals surface area contributed by atoms with Crippen molar-refractivity contribution in [3.05, 3.63) is 35.8 Å². The first-order chi connectivity index (χ1) is 12.1. The molecule has 1 aromatic heterocycles. The average Bonchev–Trinajstić information content (AvgIpc) is 3.08. The number of benzene rings is 1. The maximum Gasteiger partial charge on any atom is 0.132 e. The van der Waals surface area contributed by atoms with Gasteiger partial charge in [-0.25, -0.2) is 4.98 Å². The van der Waals surface area contributed by atoms with Crippen LogP contribution >= 0.6 is 0 Å². The Morgan fingerprint density at radius 1 is 1.28 bits per heavy atom. The van der Waals surface area contributed by atoms with Gasteiger partial charge in [-0.2, -0.15) is 0 Å². The summed E-state index contributed by atoms with van der Waals surface area (Å²) in [5, 5.41) is 0. The van der Waals surface area contributed by atoms with Gasteiger partial charge < -0.3 is 10.7 Å². The molecule has 134 valence electrons. The minimum atomic E-state index is 0.367. The molecule has 5 nitrogen and oxygen atoms in total. The zero-order valence-electron chi connectivity index (χ0n) is 15.2. The summed E-state index contributed by atoms with van der Waals surface area (Å²) in [6.45, 7) is 1.93. The molecular formula is C20H28N4O. The SMILES string of the molecule is CCC(=O)CCCCCCc1ncc(-c2ccc(N)c(C=NC)c2)[nH]1. The molecule has 5 heteroatoms. The number of rotatable bonds is 10. The van der Waals surface area contributed by atoms with Gasteiger partial charge in [0.15, 0.2) is 0 Å². The molecule has 0 spiro atoms. The Morgan fingerprint density at radius 3 is 2.84 bits per heavy atom. The van der Waals surface area contributed by atoms with E-state index in [2.05, 4.69) is 15.0 Å². The van der Waals surface area contributed by atoms with Crippen LogP contribution in [0.15, 0.2) is 29.4 Å². The van der Waals surface area contributed by atoms with Gasteiger partial charge in [-0.05, 0) is 25.0 Å². The highest BCUT2D eigenvalue weighted by atomic mass is 16.1. The van der Waals surface area contributed by atoms with Gasteiger partial charge in [-0.1, -0.05) is 25.8 Å². The summed E-state index contributed by atoms with van der Waals surface area (Å²) in [5.41, 5.74) is 9.64. The fourth-order valence-electron chi connectivity index (χ4n) is 2.77. The molecule has 0 aliphatic rings. The van der Waals surface area contributed by atoms with Crippen molar-refractivity contribution in [2.45, 2.75) is 51.9 Å². The van der Waals surface area contributed by atoms with E-state index in [1.807, 2.05) is 31.3 Å². The molecule has 0 aliphatic heterocycles. The first-order valence-electron chi connectivity index (χ1n) is 9.01. The van der Waals surface area contributed by atoms with E-state index in [-0.39, 0.29) is 0 Å². The number of aliphatic imine (C=N–C) groups is 1. The van der Waals surface area contributed by atoms with E-state index in [0.29, 0.717) is 12.2 Å². The monoisotopic (exact) mass is 340 g/mol. The largest absolute Gasteiger partial charge is 0.398 e. The van der Waals surface area contributed by atoms with Crippen LogP contribution < -0.4 is 5.73 Å². The van der Waals surface area contributed by atoms with Crippen molar-refractivity contribution in [1.29, 1.82) is 0 Å². The van der Waals surface area contributed by atoms with Gasteiger partial charge in [-0.3, -0.25) is 9.79 Å². The number of aryl methyl sites for hydroxylation is 1. The quantitative estimate of drug-likeness (QED) is 0.386. The molecule has 0 saturated carbocycles. The average molecular weight is 340 g/mol. The fraction of sp³-hybridized carbons (Fsp3) is 0.450. The predicted octanol–water partition coefficient (Wildman–Crippen LogP) is 4.18. The number of aromatic amines is 1. The summed E-state index contributed by atoms with van der Waals surface area (Å²) in [4.78, 5) is 23.2. The molecule has 2 aromatic rings. The number of H-pyrrole nitrogens is 1. The molecule has 0 fully saturated rings. The summed E-state index contributed by atoms with van der Waals surface area (Å²) in [6, 6.07) is 5.90. The summed E-state index contributed by atoms with van der Waals surface area (Å²) in [5.74, 6) is 1.37. The van der Waals surface area contributed by atoms with Gasteiger partial charge in [0.25, 0.3) is 0 Å². The van der Waals surface area contributed by atoms with Crippen LogP contribution in [0.4, 0.5) is 5.69 Å². The number of hydrogen-bond donors (Lipinski definition) is 2. The second-order valence-electron chi connectivity index (χ2n) is 6.28. The highest BCUT2D eigenvalue weighted by molar-refractivity contribution is 5.89. The molecule has 2 rings (SSSR count). The molecule has 0 aliphatic carbocycles. The Balaban J connectivity index is 1.84. The Labute approximate surface area is 149 Å². The van der Waals surface area contributed by atoms with E-state index in [0.717, 1.165) is 66.9 Å². The minimum absolute atomic E-state index is 0.367. The Morgan fingerprint density at radius 2 is 2.08 bits per heavy atom. The number of unbranched alkanes of at least 4 members (excludes halogenated alkanes) is 3. The number of carbonyl (C=O) groups excluding carboxylic acids is 1. The Bertz CT molecular complexity index is 718. The van der Waals surface area contributed by atoms with Crippen molar-refractivity contribution in [2.24, 2.45) is 4.99 Å². The highest BCUT2D eigenvalue weighted by Crippen LogP contribution is 2.22. The van der Waals surface area contributed by atoms with Crippen LogP contribution in [0.25, 0.3) is 11.3 Å². The predicted molar refractivity (Wildman–Crippen MR) is 104 cm³/mol. The molecule has 0 amide bonds. The van der Waals surface area contributed by atoms with Crippen LogP contribution in [0.3, 0.4) is 0 Å². The number of carbonyl (C=O) groups is 1. The molecule has 0 radical (unpaired) electrons. The second kappa shape index (κ2) is 9.77. The van der Waals surface area contributed by atoms with Crippen LogP contribution in [-0.2, 0) is 11.2 Å². The smallest absolute Gasteiger partial charge is 0.132 e. The molecule has 0 unspecified atom stereocenters. The van der Waals surface area contributed by atoms with Gasteiger partial charge >= 0.3 is 0 Å². The third kappa shape index (κ3) is 5.85. The normalized spacial score (nSPS) is 11.3. The standard InChI is InChI=1S/C20H28N4O/c1-3-17(25)8-6-4-5-7-9-20-23-14-19(24-20)15-10-11-18(21)16(12-15)13-22-2/h10-14H,3-9,21H2,1-2H3,(H,23,24). The van der Waals surface area contributed by atoms with Crippen molar-refractivity contribution in [2.75, 3.05) is 12.8 Å². The number of nitrogens with zero attached hydrogens (tertiary/aromatic N) is 2. The third-order valence-electron chi connectivity index (χ3n) is 4.31. The van der Waals surface area contributed by atoms with Crippen LogP contribution in [0.2, 0.25) is 0 Å². The summed E-state index contributed by atoms with van der Waals surface area (Å²) in [6.07, 6.45) is 10.3. The molecule has 1 heterocycles. The number of anilines is 1. The Hall–Kier alpha value is -2.43. The first-order valence-corrected chi connectivity index (χ1v) is 9.01. The lowest BCUT2D eigenvalue weighted by Crippen LogP contribution is -1.95. The number of Topliss-reactive ketones (excluding diaryl/α,β-unsaturated/α-hetero) is 1. The van der Waals surface area contributed by atoms with Crippen LogP contribution in [0.5, 0.6) is 0 Å². The van der Waals surface area contributed by atoms with Gasteiger partial charge in [0, 0.05) is 49.3 Å². The van der Waals surface area contributed by atoms with Crippen molar-refractivity contribution >= 4 is 17.7 Å². The third-order valence-corrected chi connectivity index (χ3v) is 4.31. The zero-order valence-corrected chi connectivity index (χ0v) is 15.2. The van der Waals surface area contributed by atoms with Crippen molar-refractivity contribution in [3.63, 3.8) is 0 Å². The molecular weight excluding hydrogens is 312 g/mol. The van der Waals surface area contributed by atoms with Crippen molar-refractivity contribution in [3.8, 4) is 11.3 Å². The minimum Gasteiger partial charge on any atom is -0.398 e. The lowest BCUT2D eigenvalue weighted by Gasteiger charge is -2.03. The summed E-state index contributed by atoms with van der Waals surface area (Å²) < 4.78 is 0. The van der Waals surface area contributed by atoms with E-state index >= 15 is 0 Å². The molecule has 3 N–H and O–H groups in total. The van der Waals surface area contributed by atoms with Gasteiger partial charge in [0.2, 0.25) is 0 Å². The molecule has 1 aromatic carbocycles. The maximum absolute atomic E-state index is 11.3. The number of ketones is 1. The lowest BCUT2D eigenvalue weighted by molar-refractivity contribution is -0.118. The Kier molecular flexibility index (Phi) is 7.38. The second-order valence-corrected chi connectivity index (χ2v) is 6.28. The van der Waals surface area contributed by atoms with Crippen LogP contribution in [0, 0.1) is 0 Å². The molecule has 25 heavy (non-hydrogen) atoms. The van der Waals surface area contributed by atoms with E-state index in [1.54, 1.807) is 13.3 Å². The van der Waals surface area contributed by atoms with E-state index in [9.17, 15) is 4.79 Å². The topological polar surface area (TPSA) is 84.1 Å². The number of hydrogen-bond acceptors (Lipinski definition) is 4. The highest BCUT2D eigenvalue weighted by Gasteiger charge is 2.06. The number of nitrogen functional groups attached to an aromatic ring is 1. The molecule has 0 bridgehead atoms. The molecule has 0 atom stereocenters. The number of nitrogens with one attached hydrogen (secondary N) is 1. The summed E-state index contributed by atoms with van der Waals surface area (Å²) >= 11 is 0. The fourth-order valence-corrected chi connectivity index (χ4v) is 2.77. The number of imidazole rings is 1. The van der Waals surface area contributed by atoms with E-state index < -0.39 is 0 Å². The zero-order chi connectivity index (χ0) is 18.1.